The van der Waals surface area contributed by atoms with E-state index in [0.717, 1.165) is 21.2 Å². The maximum absolute atomic E-state index is 13.0. The van der Waals surface area contributed by atoms with Crippen molar-refractivity contribution in [3.05, 3.63) is 92.7 Å². The second-order valence-corrected chi connectivity index (χ2v) is 7.77. The molecular weight excluding hydrogens is 492 g/mol. The SMILES string of the molecule is CCOc1cc(CNCc2ccc(F)cc2)cc(Br)c1OCc1ccc(Cl)cc1.Cl. The van der Waals surface area contributed by atoms with Gasteiger partial charge in [0, 0.05) is 18.1 Å². The summed E-state index contributed by atoms with van der Waals surface area (Å²) in [4.78, 5) is 0. The van der Waals surface area contributed by atoms with Crippen LogP contribution in [0.1, 0.15) is 23.6 Å². The molecule has 0 unspecified atom stereocenters. The van der Waals surface area contributed by atoms with Gasteiger partial charge in [0.25, 0.3) is 0 Å². The van der Waals surface area contributed by atoms with Crippen molar-refractivity contribution in [3.8, 4) is 11.5 Å². The Bertz CT molecular complexity index is 937. The van der Waals surface area contributed by atoms with E-state index >= 15 is 0 Å². The summed E-state index contributed by atoms with van der Waals surface area (Å²) in [5.74, 6) is 1.13. The molecule has 0 fully saturated rings. The average Bonchev–Trinajstić information content (AvgIpc) is 2.70. The Kier molecular flexibility index (Phi) is 9.92. The molecule has 0 spiro atoms. The fourth-order valence-electron chi connectivity index (χ4n) is 2.82. The fourth-order valence-corrected chi connectivity index (χ4v) is 3.55. The quantitative estimate of drug-likeness (QED) is 0.335. The first kappa shape index (κ1) is 24.5. The van der Waals surface area contributed by atoms with E-state index in [4.69, 9.17) is 21.1 Å². The van der Waals surface area contributed by atoms with Gasteiger partial charge in [0.1, 0.15) is 12.4 Å². The zero-order valence-corrected chi connectivity index (χ0v) is 19.6. The first-order chi connectivity index (χ1) is 14.0. The number of hydrogen-bond donors (Lipinski definition) is 1. The number of nitrogens with one attached hydrogen (secondary N) is 1. The molecule has 7 heteroatoms. The van der Waals surface area contributed by atoms with Gasteiger partial charge in [-0.3, -0.25) is 0 Å². The first-order valence-electron chi connectivity index (χ1n) is 9.32. The summed E-state index contributed by atoms with van der Waals surface area (Å²) < 4.78 is 25.6. The molecule has 0 saturated heterocycles. The molecule has 0 aromatic heterocycles. The van der Waals surface area contributed by atoms with Crippen LogP contribution in [0.2, 0.25) is 5.02 Å². The fraction of sp³-hybridized carbons (Fsp3) is 0.217. The van der Waals surface area contributed by atoms with E-state index in [1.54, 1.807) is 12.1 Å². The molecule has 0 aliphatic carbocycles. The third-order valence-corrected chi connectivity index (χ3v) is 5.08. The molecule has 0 bridgehead atoms. The molecule has 30 heavy (non-hydrogen) atoms. The Labute approximate surface area is 196 Å². The largest absolute Gasteiger partial charge is 0.490 e. The maximum atomic E-state index is 13.0. The highest BCUT2D eigenvalue weighted by Crippen LogP contribution is 2.37. The summed E-state index contributed by atoms with van der Waals surface area (Å²) >= 11 is 9.54. The van der Waals surface area contributed by atoms with E-state index in [-0.39, 0.29) is 18.2 Å². The molecule has 1 N–H and O–H groups in total. The molecule has 0 amide bonds. The van der Waals surface area contributed by atoms with Crippen LogP contribution < -0.4 is 14.8 Å². The van der Waals surface area contributed by atoms with Crippen LogP contribution in [0.25, 0.3) is 0 Å². The van der Waals surface area contributed by atoms with Crippen LogP contribution in [-0.2, 0) is 19.7 Å². The van der Waals surface area contributed by atoms with Crippen molar-refractivity contribution < 1.29 is 13.9 Å². The molecule has 0 radical (unpaired) electrons. The summed E-state index contributed by atoms with van der Waals surface area (Å²) in [5.41, 5.74) is 3.11. The lowest BCUT2D eigenvalue weighted by Crippen LogP contribution is -2.13. The highest BCUT2D eigenvalue weighted by Gasteiger charge is 2.13. The molecule has 160 valence electrons. The van der Waals surface area contributed by atoms with Crippen molar-refractivity contribution in [2.75, 3.05) is 6.61 Å². The van der Waals surface area contributed by atoms with Gasteiger partial charge in [0.05, 0.1) is 11.1 Å². The number of ether oxygens (including phenoxy) is 2. The summed E-state index contributed by atoms with van der Waals surface area (Å²) in [6, 6.07) is 18.0. The summed E-state index contributed by atoms with van der Waals surface area (Å²) in [7, 11) is 0. The standard InChI is InChI=1S/C23H22BrClFNO2.ClH/c1-2-28-22-12-18(14-27-13-16-5-9-20(26)10-6-16)11-21(24)23(22)29-15-17-3-7-19(25)8-4-17;/h3-12,27H,2,13-15H2,1H3;1H. The molecule has 3 rings (SSSR count). The average molecular weight is 515 g/mol. The van der Waals surface area contributed by atoms with E-state index in [1.165, 1.54) is 12.1 Å². The Hall–Kier alpha value is -1.79. The van der Waals surface area contributed by atoms with E-state index < -0.39 is 0 Å². The maximum Gasteiger partial charge on any atom is 0.175 e. The van der Waals surface area contributed by atoms with E-state index in [1.807, 2.05) is 43.3 Å². The topological polar surface area (TPSA) is 30.5 Å². The minimum absolute atomic E-state index is 0. The third-order valence-electron chi connectivity index (χ3n) is 4.24. The molecule has 3 nitrogen and oxygen atoms in total. The molecule has 0 heterocycles. The lowest BCUT2D eigenvalue weighted by Gasteiger charge is -2.16. The molecule has 0 saturated carbocycles. The predicted molar refractivity (Wildman–Crippen MR) is 125 cm³/mol. The number of benzene rings is 3. The lowest BCUT2D eigenvalue weighted by molar-refractivity contribution is 0.267. The van der Waals surface area contributed by atoms with Gasteiger partial charge in [-0.15, -0.1) is 12.4 Å². The van der Waals surface area contributed by atoms with Crippen LogP contribution in [0.3, 0.4) is 0 Å². The van der Waals surface area contributed by atoms with Gasteiger partial charge >= 0.3 is 0 Å². The van der Waals surface area contributed by atoms with Crippen molar-refractivity contribution in [1.29, 1.82) is 0 Å². The third kappa shape index (κ3) is 7.17. The van der Waals surface area contributed by atoms with E-state index in [2.05, 4.69) is 21.2 Å². The Morgan fingerprint density at radius 1 is 0.900 bits per heavy atom. The lowest BCUT2D eigenvalue weighted by atomic mass is 10.1. The van der Waals surface area contributed by atoms with Gasteiger partial charge in [-0.2, -0.15) is 0 Å². The number of hydrogen-bond acceptors (Lipinski definition) is 3. The molecule has 0 atom stereocenters. The Morgan fingerprint density at radius 2 is 1.53 bits per heavy atom. The van der Waals surface area contributed by atoms with Crippen LogP contribution in [0.4, 0.5) is 4.39 Å². The van der Waals surface area contributed by atoms with Crippen molar-refractivity contribution >= 4 is 39.9 Å². The molecular formula is C23H23BrCl2FNO2. The second kappa shape index (κ2) is 12.2. The Morgan fingerprint density at radius 3 is 2.20 bits per heavy atom. The van der Waals surface area contributed by atoms with Crippen molar-refractivity contribution in [2.24, 2.45) is 0 Å². The predicted octanol–water partition coefficient (Wildman–Crippen LogP) is 6.93. The highest BCUT2D eigenvalue weighted by atomic mass is 79.9. The number of rotatable bonds is 9. The van der Waals surface area contributed by atoms with Gasteiger partial charge in [-0.25, -0.2) is 4.39 Å². The van der Waals surface area contributed by atoms with E-state index in [0.29, 0.717) is 42.8 Å². The monoisotopic (exact) mass is 513 g/mol. The first-order valence-corrected chi connectivity index (χ1v) is 10.5. The number of halogens is 4. The van der Waals surface area contributed by atoms with Crippen molar-refractivity contribution in [1.82, 2.24) is 5.32 Å². The molecule has 0 aliphatic rings. The zero-order chi connectivity index (χ0) is 20.6. The summed E-state index contributed by atoms with van der Waals surface area (Å²) in [6.45, 7) is 4.19. The van der Waals surface area contributed by atoms with Gasteiger partial charge in [-0.1, -0.05) is 35.9 Å². The summed E-state index contributed by atoms with van der Waals surface area (Å²) in [6.07, 6.45) is 0. The normalized spacial score (nSPS) is 10.4. The summed E-state index contributed by atoms with van der Waals surface area (Å²) in [5, 5.41) is 4.06. The van der Waals surface area contributed by atoms with Crippen LogP contribution in [-0.4, -0.2) is 6.61 Å². The van der Waals surface area contributed by atoms with Crippen LogP contribution in [0.5, 0.6) is 11.5 Å². The molecule has 0 aliphatic heterocycles. The van der Waals surface area contributed by atoms with Crippen LogP contribution in [0, 0.1) is 5.82 Å². The van der Waals surface area contributed by atoms with Crippen LogP contribution >= 0.6 is 39.9 Å². The molecule has 3 aromatic carbocycles. The van der Waals surface area contributed by atoms with Crippen molar-refractivity contribution in [3.63, 3.8) is 0 Å². The zero-order valence-electron chi connectivity index (χ0n) is 16.5. The Balaban J connectivity index is 0.00000320. The highest BCUT2D eigenvalue weighted by molar-refractivity contribution is 9.10. The van der Waals surface area contributed by atoms with Gasteiger partial charge in [-0.05, 0) is 75.9 Å². The van der Waals surface area contributed by atoms with Gasteiger partial charge in [0.15, 0.2) is 11.5 Å². The minimum atomic E-state index is -0.228. The van der Waals surface area contributed by atoms with Gasteiger partial charge in [0.2, 0.25) is 0 Å². The smallest absolute Gasteiger partial charge is 0.175 e. The van der Waals surface area contributed by atoms with Crippen LogP contribution in [0.15, 0.2) is 65.1 Å². The molecule has 3 aromatic rings. The van der Waals surface area contributed by atoms with Gasteiger partial charge < -0.3 is 14.8 Å². The van der Waals surface area contributed by atoms with Crippen molar-refractivity contribution in [2.45, 2.75) is 26.6 Å². The van der Waals surface area contributed by atoms with E-state index in [9.17, 15) is 4.39 Å². The second-order valence-electron chi connectivity index (χ2n) is 6.48. The minimum Gasteiger partial charge on any atom is -0.490 e.